The Hall–Kier alpha value is -2.92. The second kappa shape index (κ2) is 9.52. The molecule has 2 aromatic carbocycles. The topological polar surface area (TPSA) is 55.4 Å². The lowest BCUT2D eigenvalue weighted by Crippen LogP contribution is -2.30. The zero-order valence-corrected chi connectivity index (χ0v) is 17.7. The van der Waals surface area contributed by atoms with Crippen LogP contribution in [0.5, 0.6) is 0 Å². The van der Waals surface area contributed by atoms with Crippen LogP contribution in [-0.2, 0) is 16.0 Å². The zero-order valence-electron chi connectivity index (χ0n) is 16.9. The Morgan fingerprint density at radius 2 is 1.76 bits per heavy atom. The van der Waals surface area contributed by atoms with Crippen molar-refractivity contribution in [3.8, 4) is 11.1 Å². The van der Waals surface area contributed by atoms with E-state index in [4.69, 9.17) is 4.74 Å². The molecule has 3 aromatic rings. The first kappa shape index (κ1) is 20.8. The Bertz CT molecular complexity index is 994. The van der Waals surface area contributed by atoms with Gasteiger partial charge in [0.25, 0.3) is 5.91 Å². The van der Waals surface area contributed by atoms with Crippen LogP contribution in [0.4, 0.5) is 5.69 Å². The number of rotatable bonds is 7. The zero-order chi connectivity index (χ0) is 20.8. The van der Waals surface area contributed by atoms with E-state index in [1.165, 1.54) is 16.9 Å². The predicted molar refractivity (Wildman–Crippen MR) is 118 cm³/mol. The quantitative estimate of drug-likeness (QED) is 0.499. The molecule has 1 unspecified atom stereocenters. The first-order valence-electron chi connectivity index (χ1n) is 9.75. The number of hydrogen-bond acceptors (Lipinski definition) is 4. The number of thiophene rings is 1. The molecule has 0 fully saturated rings. The molecule has 1 heterocycles. The number of aryl methyl sites for hydroxylation is 2. The Morgan fingerprint density at radius 3 is 2.48 bits per heavy atom. The minimum absolute atomic E-state index is 0.358. The van der Waals surface area contributed by atoms with Crippen molar-refractivity contribution in [1.82, 2.24) is 0 Å². The number of ether oxygens (including phenoxy) is 1. The summed E-state index contributed by atoms with van der Waals surface area (Å²) in [5.41, 5.74) is 3.77. The minimum atomic E-state index is -0.900. The van der Waals surface area contributed by atoms with Crippen LogP contribution in [0.15, 0.2) is 60.7 Å². The summed E-state index contributed by atoms with van der Waals surface area (Å²) in [6.45, 7) is 5.70. The summed E-state index contributed by atoms with van der Waals surface area (Å²) >= 11 is 1.41. The van der Waals surface area contributed by atoms with Gasteiger partial charge in [-0.05, 0) is 43.5 Å². The molecule has 0 saturated heterocycles. The number of hydrogen-bond donors (Lipinski definition) is 1. The summed E-state index contributed by atoms with van der Waals surface area (Å²) in [6.07, 6.45) is 1.05. The number of nitrogens with one attached hydrogen (secondary N) is 1. The van der Waals surface area contributed by atoms with Gasteiger partial charge in [-0.3, -0.25) is 4.79 Å². The molecule has 0 bridgehead atoms. The number of para-hydroxylation sites is 1. The standard InChI is InChI=1S/C24H25NO3S/c1-4-10-19-15-22(29-17(19)3)24(27)28-16(2)23(26)25-21-14-9-8-13-20(21)18-11-6-5-7-12-18/h5-9,11-16H,4,10H2,1-3H3,(H,25,26). The van der Waals surface area contributed by atoms with E-state index in [9.17, 15) is 9.59 Å². The maximum absolute atomic E-state index is 12.7. The number of esters is 1. The average Bonchev–Trinajstić information content (AvgIpc) is 3.10. The molecule has 0 aliphatic heterocycles. The van der Waals surface area contributed by atoms with Gasteiger partial charge in [-0.15, -0.1) is 11.3 Å². The average molecular weight is 408 g/mol. The summed E-state index contributed by atoms with van der Waals surface area (Å²) < 4.78 is 5.42. The van der Waals surface area contributed by atoms with Gasteiger partial charge in [-0.25, -0.2) is 4.79 Å². The minimum Gasteiger partial charge on any atom is -0.448 e. The van der Waals surface area contributed by atoms with Gasteiger partial charge in [0.05, 0.1) is 0 Å². The third kappa shape index (κ3) is 5.12. The lowest BCUT2D eigenvalue weighted by atomic mass is 10.0. The highest BCUT2D eigenvalue weighted by atomic mass is 32.1. The Morgan fingerprint density at radius 1 is 1.07 bits per heavy atom. The highest BCUT2D eigenvalue weighted by Gasteiger charge is 2.22. The molecule has 0 aliphatic carbocycles. The van der Waals surface area contributed by atoms with Crippen LogP contribution < -0.4 is 5.32 Å². The largest absolute Gasteiger partial charge is 0.448 e. The number of benzene rings is 2. The van der Waals surface area contributed by atoms with Crippen molar-refractivity contribution in [2.45, 2.75) is 39.7 Å². The maximum atomic E-state index is 12.7. The molecule has 1 atom stereocenters. The van der Waals surface area contributed by atoms with E-state index in [0.29, 0.717) is 10.6 Å². The summed E-state index contributed by atoms with van der Waals surface area (Å²) in [4.78, 5) is 26.8. The van der Waals surface area contributed by atoms with Crippen molar-refractivity contribution < 1.29 is 14.3 Å². The number of anilines is 1. The molecule has 5 heteroatoms. The van der Waals surface area contributed by atoms with Crippen molar-refractivity contribution in [2.24, 2.45) is 0 Å². The third-order valence-electron chi connectivity index (χ3n) is 4.66. The van der Waals surface area contributed by atoms with Crippen LogP contribution in [0.2, 0.25) is 0 Å². The molecule has 3 rings (SSSR count). The predicted octanol–water partition coefficient (Wildman–Crippen LogP) is 5.86. The lowest BCUT2D eigenvalue weighted by molar-refractivity contribution is -0.123. The number of carbonyl (C=O) groups excluding carboxylic acids is 2. The first-order valence-corrected chi connectivity index (χ1v) is 10.6. The molecular formula is C24H25NO3S. The molecule has 1 amide bonds. The SMILES string of the molecule is CCCc1cc(C(=O)OC(C)C(=O)Nc2ccccc2-c2ccccc2)sc1C. The monoisotopic (exact) mass is 407 g/mol. The van der Waals surface area contributed by atoms with E-state index in [2.05, 4.69) is 12.2 Å². The van der Waals surface area contributed by atoms with Gasteiger partial charge in [0.1, 0.15) is 4.88 Å². The van der Waals surface area contributed by atoms with E-state index in [0.717, 1.165) is 28.8 Å². The summed E-state index contributed by atoms with van der Waals surface area (Å²) in [5.74, 6) is -0.816. The fourth-order valence-corrected chi connectivity index (χ4v) is 4.06. The van der Waals surface area contributed by atoms with Crippen LogP contribution in [0.1, 0.15) is 40.4 Å². The van der Waals surface area contributed by atoms with Crippen molar-refractivity contribution in [3.63, 3.8) is 0 Å². The Kier molecular flexibility index (Phi) is 6.83. The number of amides is 1. The summed E-state index contributed by atoms with van der Waals surface area (Å²) in [6, 6.07) is 19.3. The molecule has 29 heavy (non-hydrogen) atoms. The smallest absolute Gasteiger partial charge is 0.349 e. The van der Waals surface area contributed by atoms with Crippen molar-refractivity contribution in [3.05, 3.63) is 76.0 Å². The van der Waals surface area contributed by atoms with Crippen LogP contribution in [0, 0.1) is 6.92 Å². The fraction of sp³-hybridized carbons (Fsp3) is 0.250. The molecule has 0 spiro atoms. The maximum Gasteiger partial charge on any atom is 0.349 e. The van der Waals surface area contributed by atoms with Crippen LogP contribution in [0.3, 0.4) is 0 Å². The first-order chi connectivity index (χ1) is 14.0. The van der Waals surface area contributed by atoms with E-state index in [1.54, 1.807) is 6.92 Å². The molecule has 0 radical (unpaired) electrons. The molecule has 4 nitrogen and oxygen atoms in total. The van der Waals surface area contributed by atoms with E-state index < -0.39 is 12.1 Å². The molecule has 1 N–H and O–H groups in total. The molecule has 0 aliphatic rings. The Labute approximate surface area is 175 Å². The molecule has 1 aromatic heterocycles. The second-order valence-electron chi connectivity index (χ2n) is 6.89. The van der Waals surface area contributed by atoms with E-state index >= 15 is 0 Å². The van der Waals surface area contributed by atoms with Crippen molar-refractivity contribution in [1.29, 1.82) is 0 Å². The highest BCUT2D eigenvalue weighted by molar-refractivity contribution is 7.14. The van der Waals surface area contributed by atoms with E-state index in [1.807, 2.05) is 67.6 Å². The van der Waals surface area contributed by atoms with Crippen LogP contribution in [-0.4, -0.2) is 18.0 Å². The number of carbonyl (C=O) groups is 2. The third-order valence-corrected chi connectivity index (χ3v) is 5.74. The summed E-state index contributed by atoms with van der Waals surface area (Å²) in [7, 11) is 0. The van der Waals surface area contributed by atoms with Gasteiger partial charge in [0.2, 0.25) is 0 Å². The second-order valence-corrected chi connectivity index (χ2v) is 8.15. The van der Waals surface area contributed by atoms with Gasteiger partial charge >= 0.3 is 5.97 Å². The van der Waals surface area contributed by atoms with Crippen LogP contribution >= 0.6 is 11.3 Å². The Balaban J connectivity index is 1.69. The van der Waals surface area contributed by atoms with Gasteiger partial charge in [0.15, 0.2) is 6.10 Å². The van der Waals surface area contributed by atoms with Crippen molar-refractivity contribution in [2.75, 3.05) is 5.32 Å². The van der Waals surface area contributed by atoms with Gasteiger partial charge in [-0.1, -0.05) is 61.9 Å². The molecular weight excluding hydrogens is 382 g/mol. The fourth-order valence-electron chi connectivity index (χ4n) is 3.11. The lowest BCUT2D eigenvalue weighted by Gasteiger charge is -2.15. The molecule has 0 saturated carbocycles. The normalized spacial score (nSPS) is 11.7. The highest BCUT2D eigenvalue weighted by Crippen LogP contribution is 2.28. The molecule has 150 valence electrons. The summed E-state index contributed by atoms with van der Waals surface area (Å²) in [5, 5.41) is 2.89. The van der Waals surface area contributed by atoms with Gasteiger partial charge < -0.3 is 10.1 Å². The van der Waals surface area contributed by atoms with Gasteiger partial charge in [0, 0.05) is 16.1 Å². The van der Waals surface area contributed by atoms with Gasteiger partial charge in [-0.2, -0.15) is 0 Å². The van der Waals surface area contributed by atoms with Crippen molar-refractivity contribution >= 4 is 28.9 Å². The van der Waals surface area contributed by atoms with Crippen LogP contribution in [0.25, 0.3) is 11.1 Å². The van der Waals surface area contributed by atoms with E-state index in [-0.39, 0.29) is 5.91 Å².